The van der Waals surface area contributed by atoms with Crippen LogP contribution in [0, 0.1) is 12.7 Å². The normalized spacial score (nSPS) is 10.7. The van der Waals surface area contributed by atoms with Crippen molar-refractivity contribution in [2.45, 2.75) is 13.5 Å². The maximum Gasteiger partial charge on any atom is 0.172 e. The van der Waals surface area contributed by atoms with Crippen molar-refractivity contribution in [2.75, 3.05) is 0 Å². The van der Waals surface area contributed by atoms with Gasteiger partial charge in [0.05, 0.1) is 6.20 Å². The Balaban J connectivity index is 1.91. The van der Waals surface area contributed by atoms with E-state index < -0.39 is 0 Å². The maximum atomic E-state index is 13.0. The predicted molar refractivity (Wildman–Crippen MR) is 83.1 cm³/mol. The van der Waals surface area contributed by atoms with Gasteiger partial charge in [-0.25, -0.2) is 4.39 Å². The zero-order chi connectivity index (χ0) is 15.5. The first-order valence-corrected chi connectivity index (χ1v) is 6.94. The van der Waals surface area contributed by atoms with Gasteiger partial charge in [0.2, 0.25) is 0 Å². The number of nitrogens with zero attached hydrogens (tertiary/aromatic N) is 1. The first-order valence-electron chi connectivity index (χ1n) is 6.94. The van der Waals surface area contributed by atoms with Gasteiger partial charge in [0.25, 0.3) is 0 Å². The third-order valence-corrected chi connectivity index (χ3v) is 3.51. The summed E-state index contributed by atoms with van der Waals surface area (Å²) in [7, 11) is 0. The van der Waals surface area contributed by atoms with Gasteiger partial charge in [-0.3, -0.25) is 5.10 Å². The highest BCUT2D eigenvalue weighted by molar-refractivity contribution is 5.66. The summed E-state index contributed by atoms with van der Waals surface area (Å²) in [4.78, 5) is 0. The van der Waals surface area contributed by atoms with Crippen LogP contribution in [-0.2, 0) is 6.54 Å². The fraction of sp³-hybridized carbons (Fsp3) is 0.118. The Hall–Kier alpha value is -2.66. The molecule has 0 saturated carbocycles. The Morgan fingerprint density at radius 3 is 2.68 bits per heavy atom. The first-order chi connectivity index (χ1) is 10.7. The molecule has 1 aromatic heterocycles. The summed E-state index contributed by atoms with van der Waals surface area (Å²) in [6.45, 7) is 2.47. The van der Waals surface area contributed by atoms with Crippen molar-refractivity contribution in [2.24, 2.45) is 5.73 Å². The fourth-order valence-electron chi connectivity index (χ4n) is 2.23. The molecule has 2 aromatic carbocycles. The molecule has 0 radical (unpaired) electrons. The lowest BCUT2D eigenvalue weighted by atomic mass is 10.1. The van der Waals surface area contributed by atoms with Crippen LogP contribution in [0.4, 0.5) is 4.39 Å². The molecular weight excluding hydrogens is 281 g/mol. The molecule has 0 spiro atoms. The van der Waals surface area contributed by atoms with Crippen LogP contribution in [0.5, 0.6) is 11.5 Å². The number of aromatic amines is 1. The van der Waals surface area contributed by atoms with Gasteiger partial charge in [-0.2, -0.15) is 5.10 Å². The van der Waals surface area contributed by atoms with Crippen LogP contribution in [0.1, 0.15) is 11.1 Å². The highest BCUT2D eigenvalue weighted by Crippen LogP contribution is 2.32. The van der Waals surface area contributed by atoms with Crippen molar-refractivity contribution in [3.8, 4) is 22.8 Å². The third kappa shape index (κ3) is 2.84. The molecule has 4 nitrogen and oxygen atoms in total. The zero-order valence-electron chi connectivity index (χ0n) is 12.1. The highest BCUT2D eigenvalue weighted by atomic mass is 19.1. The van der Waals surface area contributed by atoms with E-state index in [0.29, 0.717) is 23.7 Å². The lowest BCUT2D eigenvalue weighted by molar-refractivity contribution is 0.484. The molecule has 0 aliphatic heterocycles. The molecule has 3 aromatic rings. The molecule has 3 rings (SSSR count). The van der Waals surface area contributed by atoms with E-state index in [9.17, 15) is 4.39 Å². The van der Waals surface area contributed by atoms with E-state index >= 15 is 0 Å². The minimum absolute atomic E-state index is 0.281. The van der Waals surface area contributed by atoms with Crippen LogP contribution in [0.15, 0.2) is 48.7 Å². The molecule has 112 valence electrons. The first kappa shape index (κ1) is 14.3. The van der Waals surface area contributed by atoms with Crippen LogP contribution in [-0.4, -0.2) is 10.2 Å². The van der Waals surface area contributed by atoms with Gasteiger partial charge < -0.3 is 10.5 Å². The van der Waals surface area contributed by atoms with E-state index in [1.807, 2.05) is 25.1 Å². The van der Waals surface area contributed by atoms with E-state index in [1.165, 1.54) is 12.1 Å². The van der Waals surface area contributed by atoms with Crippen molar-refractivity contribution in [1.29, 1.82) is 0 Å². The SMILES string of the molecule is Cc1ccc(Oc2cn[nH]c2-c2ccc(F)cc2)cc1CN. The number of aromatic nitrogens is 2. The summed E-state index contributed by atoms with van der Waals surface area (Å²) in [5.74, 6) is 0.992. The minimum atomic E-state index is -0.281. The Morgan fingerprint density at radius 1 is 1.18 bits per heavy atom. The van der Waals surface area contributed by atoms with Crippen LogP contribution < -0.4 is 10.5 Å². The van der Waals surface area contributed by atoms with Crippen molar-refractivity contribution in [1.82, 2.24) is 10.2 Å². The molecule has 5 heteroatoms. The number of hydrogen-bond donors (Lipinski definition) is 2. The van der Waals surface area contributed by atoms with Crippen molar-refractivity contribution >= 4 is 0 Å². The number of rotatable bonds is 4. The van der Waals surface area contributed by atoms with Crippen LogP contribution in [0.2, 0.25) is 0 Å². The summed E-state index contributed by atoms with van der Waals surface area (Å²) in [5.41, 5.74) is 9.39. The third-order valence-electron chi connectivity index (χ3n) is 3.51. The van der Waals surface area contributed by atoms with E-state index in [-0.39, 0.29) is 5.82 Å². The quantitative estimate of drug-likeness (QED) is 0.770. The number of halogens is 1. The number of nitrogens with one attached hydrogen (secondary N) is 1. The average Bonchev–Trinajstić information content (AvgIpc) is 2.98. The van der Waals surface area contributed by atoms with E-state index in [1.54, 1.807) is 18.3 Å². The lowest BCUT2D eigenvalue weighted by Gasteiger charge is -2.09. The number of aryl methyl sites for hydroxylation is 1. The lowest BCUT2D eigenvalue weighted by Crippen LogP contribution is -1.99. The van der Waals surface area contributed by atoms with Gasteiger partial charge >= 0.3 is 0 Å². The molecular formula is C17H16FN3O. The van der Waals surface area contributed by atoms with E-state index in [0.717, 1.165) is 16.7 Å². The van der Waals surface area contributed by atoms with Gasteiger partial charge in [0.15, 0.2) is 5.75 Å². The second-order valence-electron chi connectivity index (χ2n) is 5.01. The summed E-state index contributed by atoms with van der Waals surface area (Å²) in [5, 5.41) is 6.89. The van der Waals surface area contributed by atoms with Crippen molar-refractivity contribution in [3.63, 3.8) is 0 Å². The number of hydrogen-bond acceptors (Lipinski definition) is 3. The summed E-state index contributed by atoms with van der Waals surface area (Å²) < 4.78 is 18.9. The van der Waals surface area contributed by atoms with Crippen molar-refractivity contribution in [3.05, 3.63) is 65.6 Å². The monoisotopic (exact) mass is 297 g/mol. The number of nitrogens with two attached hydrogens (primary N) is 1. The van der Waals surface area contributed by atoms with E-state index in [4.69, 9.17) is 10.5 Å². The van der Waals surface area contributed by atoms with Gasteiger partial charge in [0, 0.05) is 12.1 Å². The molecule has 1 heterocycles. The molecule has 22 heavy (non-hydrogen) atoms. The van der Waals surface area contributed by atoms with Gasteiger partial charge in [-0.15, -0.1) is 0 Å². The van der Waals surface area contributed by atoms with Crippen LogP contribution in [0.25, 0.3) is 11.3 Å². The molecule has 0 aliphatic carbocycles. The molecule has 0 atom stereocenters. The molecule has 0 bridgehead atoms. The van der Waals surface area contributed by atoms with Crippen molar-refractivity contribution < 1.29 is 9.13 Å². The number of ether oxygens (including phenoxy) is 1. The van der Waals surface area contributed by atoms with Gasteiger partial charge in [0.1, 0.15) is 17.3 Å². The van der Waals surface area contributed by atoms with Crippen LogP contribution in [0.3, 0.4) is 0 Å². The van der Waals surface area contributed by atoms with E-state index in [2.05, 4.69) is 10.2 Å². The molecule has 3 N–H and O–H groups in total. The summed E-state index contributed by atoms with van der Waals surface area (Å²) in [6.07, 6.45) is 1.60. The number of H-pyrrole nitrogens is 1. The number of benzene rings is 2. The Labute approximate surface area is 127 Å². The highest BCUT2D eigenvalue weighted by Gasteiger charge is 2.11. The van der Waals surface area contributed by atoms with Crippen LogP contribution >= 0.6 is 0 Å². The predicted octanol–water partition coefficient (Wildman–Crippen LogP) is 3.78. The topological polar surface area (TPSA) is 63.9 Å². The standard InChI is InChI=1S/C17H16FN3O/c1-11-2-7-15(8-13(11)9-19)22-16-10-20-21-17(16)12-3-5-14(18)6-4-12/h2-8,10H,9,19H2,1H3,(H,20,21). The molecule has 0 unspecified atom stereocenters. The van der Waals surface area contributed by atoms with Gasteiger partial charge in [-0.05, 0) is 54.4 Å². The zero-order valence-corrected chi connectivity index (χ0v) is 12.1. The molecule has 0 amide bonds. The second kappa shape index (κ2) is 5.99. The largest absolute Gasteiger partial charge is 0.453 e. The Bertz CT molecular complexity index is 781. The fourth-order valence-corrected chi connectivity index (χ4v) is 2.23. The Morgan fingerprint density at radius 2 is 1.95 bits per heavy atom. The summed E-state index contributed by atoms with van der Waals surface area (Å²) >= 11 is 0. The second-order valence-corrected chi connectivity index (χ2v) is 5.01. The maximum absolute atomic E-state index is 13.0. The minimum Gasteiger partial charge on any atom is -0.453 e. The average molecular weight is 297 g/mol. The molecule has 0 aliphatic rings. The molecule has 0 fully saturated rings. The van der Waals surface area contributed by atoms with Gasteiger partial charge in [-0.1, -0.05) is 6.07 Å². The Kier molecular flexibility index (Phi) is 3.89. The summed E-state index contributed by atoms with van der Waals surface area (Å²) in [6, 6.07) is 11.9. The molecule has 0 saturated heterocycles. The smallest absolute Gasteiger partial charge is 0.172 e.